The van der Waals surface area contributed by atoms with Crippen molar-refractivity contribution in [1.29, 1.82) is 0 Å². The summed E-state index contributed by atoms with van der Waals surface area (Å²) < 4.78 is 45.4. The summed E-state index contributed by atoms with van der Waals surface area (Å²) in [7, 11) is 1.84. The molecule has 3 heterocycles. The smallest absolute Gasteiger partial charge is 0.417 e. The van der Waals surface area contributed by atoms with E-state index in [0.29, 0.717) is 23.8 Å². The van der Waals surface area contributed by atoms with E-state index < -0.39 is 28.9 Å². The van der Waals surface area contributed by atoms with Crippen LogP contribution >= 0.6 is 11.8 Å². The molecule has 3 rings (SSSR count). The molecular weight excluding hydrogens is 385 g/mol. The zero-order valence-corrected chi connectivity index (χ0v) is 14.6. The van der Waals surface area contributed by atoms with Crippen LogP contribution in [0.4, 0.5) is 18.9 Å². The van der Waals surface area contributed by atoms with Gasteiger partial charge in [0.1, 0.15) is 11.4 Å². The zero-order chi connectivity index (χ0) is 19.6. The average Bonchev–Trinajstić information content (AvgIpc) is 3.23. The van der Waals surface area contributed by atoms with E-state index >= 15 is 0 Å². The molecular formula is C16H13F3N4O3S. The van der Waals surface area contributed by atoms with Crippen molar-refractivity contribution in [3.63, 3.8) is 0 Å². The van der Waals surface area contributed by atoms with Gasteiger partial charge in [0.25, 0.3) is 11.5 Å². The summed E-state index contributed by atoms with van der Waals surface area (Å²) in [4.78, 5) is 29.9. The van der Waals surface area contributed by atoms with Gasteiger partial charge in [-0.25, -0.2) is 4.98 Å². The maximum atomic E-state index is 12.7. The number of amides is 1. The Kier molecular flexibility index (Phi) is 5.13. The van der Waals surface area contributed by atoms with Gasteiger partial charge in [-0.15, -0.1) is 0 Å². The first kappa shape index (κ1) is 18.8. The zero-order valence-electron chi connectivity index (χ0n) is 13.8. The van der Waals surface area contributed by atoms with Gasteiger partial charge in [-0.3, -0.25) is 9.59 Å². The number of aromatic nitrogens is 3. The minimum atomic E-state index is -4.65. The molecule has 2 N–H and O–H groups in total. The summed E-state index contributed by atoms with van der Waals surface area (Å²) >= 11 is 1.39. The highest BCUT2D eigenvalue weighted by Gasteiger charge is 2.31. The van der Waals surface area contributed by atoms with Crippen molar-refractivity contribution in [3.8, 4) is 0 Å². The van der Waals surface area contributed by atoms with Crippen LogP contribution in [0.2, 0.25) is 0 Å². The van der Waals surface area contributed by atoms with Crippen molar-refractivity contribution in [2.45, 2.75) is 17.1 Å². The van der Waals surface area contributed by atoms with Crippen LogP contribution in [0.25, 0.3) is 0 Å². The van der Waals surface area contributed by atoms with Crippen LogP contribution in [-0.2, 0) is 19.0 Å². The highest BCUT2D eigenvalue weighted by Crippen LogP contribution is 2.29. The second kappa shape index (κ2) is 7.35. The van der Waals surface area contributed by atoms with Gasteiger partial charge in [0.2, 0.25) is 0 Å². The van der Waals surface area contributed by atoms with Gasteiger partial charge in [-0.2, -0.15) is 13.2 Å². The number of anilines is 1. The number of alkyl halides is 3. The van der Waals surface area contributed by atoms with Crippen LogP contribution in [-0.4, -0.2) is 20.4 Å². The van der Waals surface area contributed by atoms with Gasteiger partial charge < -0.3 is 19.3 Å². The highest BCUT2D eigenvalue weighted by molar-refractivity contribution is 7.98. The number of nitrogens with zero attached hydrogens (tertiary/aromatic N) is 2. The fourth-order valence-electron chi connectivity index (χ4n) is 2.13. The van der Waals surface area contributed by atoms with Crippen molar-refractivity contribution in [2.24, 2.45) is 7.05 Å². The van der Waals surface area contributed by atoms with Crippen molar-refractivity contribution in [2.75, 3.05) is 5.32 Å². The Morgan fingerprint density at radius 2 is 2.19 bits per heavy atom. The van der Waals surface area contributed by atoms with E-state index in [4.69, 9.17) is 4.42 Å². The Labute approximate surface area is 154 Å². The molecule has 0 aliphatic heterocycles. The maximum Gasteiger partial charge on any atom is 0.417 e. The third-order valence-corrected chi connectivity index (χ3v) is 4.57. The van der Waals surface area contributed by atoms with Gasteiger partial charge in [-0.1, -0.05) is 11.8 Å². The molecule has 0 spiro atoms. The third-order valence-electron chi connectivity index (χ3n) is 3.48. The second-order valence-electron chi connectivity index (χ2n) is 5.46. The number of aromatic amines is 1. The molecule has 0 radical (unpaired) electrons. The first-order valence-corrected chi connectivity index (χ1v) is 8.52. The summed E-state index contributed by atoms with van der Waals surface area (Å²) in [6.07, 6.45) is -0.673. The molecule has 7 nitrogen and oxygen atoms in total. The maximum absolute atomic E-state index is 12.7. The number of carbonyl (C=O) groups is 1. The summed E-state index contributed by atoms with van der Waals surface area (Å²) in [5.74, 6) is -0.0659. The van der Waals surface area contributed by atoms with Gasteiger partial charge in [0, 0.05) is 25.6 Å². The molecule has 1 amide bonds. The van der Waals surface area contributed by atoms with Crippen molar-refractivity contribution < 1.29 is 22.4 Å². The van der Waals surface area contributed by atoms with Gasteiger partial charge in [-0.05, 0) is 18.2 Å². The summed E-state index contributed by atoms with van der Waals surface area (Å²) in [6.45, 7) is 0. The van der Waals surface area contributed by atoms with Crippen LogP contribution in [0.5, 0.6) is 0 Å². The van der Waals surface area contributed by atoms with Crippen LogP contribution in [0.3, 0.4) is 0 Å². The predicted molar refractivity (Wildman–Crippen MR) is 91.5 cm³/mol. The molecule has 0 fully saturated rings. The quantitative estimate of drug-likeness (QED) is 0.644. The Balaban J connectivity index is 1.69. The number of imidazole rings is 1. The third kappa shape index (κ3) is 4.42. The van der Waals surface area contributed by atoms with Gasteiger partial charge >= 0.3 is 6.18 Å². The minimum absolute atomic E-state index is 0.123. The molecule has 0 saturated carbocycles. The van der Waals surface area contributed by atoms with E-state index in [1.807, 2.05) is 16.6 Å². The Morgan fingerprint density at radius 3 is 2.85 bits per heavy atom. The van der Waals surface area contributed by atoms with E-state index in [1.54, 1.807) is 18.5 Å². The number of rotatable bonds is 5. The number of aryl methyl sites for hydroxylation is 1. The number of carbonyl (C=O) groups excluding carboxylic acids is 1. The molecule has 142 valence electrons. The molecule has 27 heavy (non-hydrogen) atoms. The molecule has 0 unspecified atom stereocenters. The first-order valence-electron chi connectivity index (χ1n) is 7.54. The molecule has 0 bridgehead atoms. The molecule has 3 aromatic rings. The van der Waals surface area contributed by atoms with Crippen molar-refractivity contribution in [3.05, 3.63) is 64.2 Å². The van der Waals surface area contributed by atoms with Crippen molar-refractivity contribution >= 4 is 23.4 Å². The second-order valence-corrected chi connectivity index (χ2v) is 6.40. The molecule has 0 saturated heterocycles. The van der Waals surface area contributed by atoms with Crippen LogP contribution in [0, 0.1) is 0 Å². The number of hydrogen-bond acceptors (Lipinski definition) is 5. The summed E-state index contributed by atoms with van der Waals surface area (Å²) in [5.41, 5.74) is -2.45. The lowest BCUT2D eigenvalue weighted by Crippen LogP contribution is -2.21. The predicted octanol–water partition coefficient (Wildman–Crippen LogP) is 3.26. The van der Waals surface area contributed by atoms with Crippen LogP contribution < -0.4 is 10.9 Å². The van der Waals surface area contributed by atoms with Gasteiger partial charge in [0.15, 0.2) is 10.9 Å². The molecule has 0 aliphatic carbocycles. The lowest BCUT2D eigenvalue weighted by Gasteiger charge is -2.08. The number of thioether (sulfide) groups is 1. The van der Waals surface area contributed by atoms with E-state index in [0.717, 1.165) is 5.16 Å². The van der Waals surface area contributed by atoms with E-state index in [1.165, 1.54) is 17.8 Å². The van der Waals surface area contributed by atoms with E-state index in [9.17, 15) is 22.8 Å². The largest absolute Gasteiger partial charge is 0.455 e. The van der Waals surface area contributed by atoms with E-state index in [-0.39, 0.29) is 5.76 Å². The Hall–Kier alpha value is -2.95. The lowest BCUT2D eigenvalue weighted by molar-refractivity contribution is -0.137. The molecule has 0 aliphatic rings. The standard InChI is InChI=1S/C16H13F3N4O3S/c1-23-5-4-20-15(23)27-8-10-2-3-12(26-10)14(25)22-11-6-9(16(17,18)19)7-21-13(11)24/h2-7H,8H2,1H3,(H,21,24)(H,22,25). The minimum Gasteiger partial charge on any atom is -0.455 e. The fraction of sp³-hybridized carbons (Fsp3) is 0.188. The molecule has 0 atom stereocenters. The van der Waals surface area contributed by atoms with Crippen molar-refractivity contribution in [1.82, 2.24) is 14.5 Å². The number of H-pyrrole nitrogens is 1. The number of hydrogen-bond donors (Lipinski definition) is 2. The first-order chi connectivity index (χ1) is 12.7. The SMILES string of the molecule is Cn1ccnc1SCc1ccc(C(=O)Nc2cc(C(F)(F)F)c[nH]c2=O)o1. The topological polar surface area (TPSA) is 92.9 Å². The number of nitrogens with one attached hydrogen (secondary N) is 2. The van der Waals surface area contributed by atoms with Gasteiger partial charge in [0.05, 0.1) is 11.3 Å². The summed E-state index contributed by atoms with van der Waals surface area (Å²) in [5, 5.41) is 2.89. The van der Waals surface area contributed by atoms with Crippen LogP contribution in [0.1, 0.15) is 21.9 Å². The normalized spacial score (nSPS) is 11.6. The Bertz CT molecular complexity index is 1020. The monoisotopic (exact) mass is 398 g/mol. The summed E-state index contributed by atoms with van der Waals surface area (Å²) in [6, 6.07) is 3.52. The number of furan rings is 1. The number of halogens is 3. The fourth-order valence-corrected chi connectivity index (χ4v) is 2.95. The highest BCUT2D eigenvalue weighted by atomic mass is 32.2. The Morgan fingerprint density at radius 1 is 1.41 bits per heavy atom. The lowest BCUT2D eigenvalue weighted by atomic mass is 10.2. The molecule has 11 heteroatoms. The molecule has 0 aromatic carbocycles. The van der Waals surface area contributed by atoms with E-state index in [2.05, 4.69) is 10.3 Å². The average molecular weight is 398 g/mol. The van der Waals surface area contributed by atoms with Crippen LogP contribution in [0.15, 0.2) is 51.2 Å². The number of pyridine rings is 1. The molecule has 3 aromatic heterocycles.